The molecule has 5 nitrogen and oxygen atoms in total. The van der Waals surface area contributed by atoms with E-state index in [2.05, 4.69) is 6.92 Å². The van der Waals surface area contributed by atoms with E-state index in [1.807, 2.05) is 81.1 Å². The van der Waals surface area contributed by atoms with E-state index < -0.39 is 0 Å². The van der Waals surface area contributed by atoms with Gasteiger partial charge < -0.3 is 4.90 Å². The third-order valence-corrected chi connectivity index (χ3v) is 5.36. The number of hydrogen-bond acceptors (Lipinski definition) is 3. The minimum atomic E-state index is -0.280. The monoisotopic (exact) mass is 405 g/mol. The summed E-state index contributed by atoms with van der Waals surface area (Å²) in [5.41, 5.74) is 2.40. The van der Waals surface area contributed by atoms with Crippen molar-refractivity contribution < 1.29 is 4.79 Å². The van der Waals surface area contributed by atoms with Gasteiger partial charge in [-0.15, -0.1) is 0 Å². The molecule has 1 aromatic heterocycles. The zero-order valence-corrected chi connectivity index (χ0v) is 18.6. The van der Waals surface area contributed by atoms with Gasteiger partial charge in [-0.1, -0.05) is 52.0 Å². The first kappa shape index (κ1) is 21.8. The third kappa shape index (κ3) is 4.16. The lowest BCUT2D eigenvalue weighted by Crippen LogP contribution is -2.40. The van der Waals surface area contributed by atoms with Crippen molar-refractivity contribution in [1.82, 2.24) is 14.5 Å². The van der Waals surface area contributed by atoms with Crippen LogP contribution in [0.25, 0.3) is 16.6 Å². The van der Waals surface area contributed by atoms with Crippen molar-refractivity contribution in [3.63, 3.8) is 0 Å². The van der Waals surface area contributed by atoms with E-state index in [4.69, 9.17) is 4.98 Å². The van der Waals surface area contributed by atoms with Gasteiger partial charge in [-0.25, -0.2) is 4.98 Å². The summed E-state index contributed by atoms with van der Waals surface area (Å²) in [6.07, 6.45) is 1.52. The maximum absolute atomic E-state index is 13.6. The van der Waals surface area contributed by atoms with Crippen LogP contribution < -0.4 is 5.56 Å². The van der Waals surface area contributed by atoms with Crippen LogP contribution in [0.3, 0.4) is 0 Å². The highest BCUT2D eigenvalue weighted by Crippen LogP contribution is 2.27. The Kier molecular flexibility index (Phi) is 6.70. The fourth-order valence-electron chi connectivity index (χ4n) is 3.92. The SMILES string of the molecule is CCCN(C(=O)C(C)C)C(CC)c1nc2ccccc2c(=O)n1-c1cccc(C)c1. The molecule has 0 saturated carbocycles. The predicted molar refractivity (Wildman–Crippen MR) is 122 cm³/mol. The molecule has 30 heavy (non-hydrogen) atoms. The topological polar surface area (TPSA) is 55.2 Å². The van der Waals surface area contributed by atoms with Crippen LogP contribution in [0.1, 0.15) is 58.0 Å². The van der Waals surface area contributed by atoms with Crippen molar-refractivity contribution in [2.45, 2.75) is 53.5 Å². The quantitative estimate of drug-likeness (QED) is 0.553. The molecular formula is C25H31N3O2. The van der Waals surface area contributed by atoms with E-state index in [1.54, 1.807) is 4.57 Å². The van der Waals surface area contributed by atoms with Gasteiger partial charge >= 0.3 is 0 Å². The summed E-state index contributed by atoms with van der Waals surface area (Å²) in [5.74, 6) is 0.585. The minimum absolute atomic E-state index is 0.0851. The maximum Gasteiger partial charge on any atom is 0.266 e. The fourth-order valence-corrected chi connectivity index (χ4v) is 3.92. The number of para-hydroxylation sites is 1. The van der Waals surface area contributed by atoms with Crippen LogP contribution in [0.4, 0.5) is 0 Å². The first-order chi connectivity index (χ1) is 14.4. The number of aryl methyl sites for hydroxylation is 1. The van der Waals surface area contributed by atoms with Crippen molar-refractivity contribution in [3.05, 3.63) is 70.3 Å². The molecule has 2 aromatic carbocycles. The Morgan fingerprint density at radius 2 is 1.83 bits per heavy atom. The van der Waals surface area contributed by atoms with Gasteiger partial charge in [0.15, 0.2) is 0 Å². The van der Waals surface area contributed by atoms with Crippen LogP contribution in [0.5, 0.6) is 0 Å². The molecule has 1 heterocycles. The number of amides is 1. The number of aromatic nitrogens is 2. The van der Waals surface area contributed by atoms with Crippen molar-refractivity contribution in [1.29, 1.82) is 0 Å². The Morgan fingerprint density at radius 1 is 1.10 bits per heavy atom. The van der Waals surface area contributed by atoms with Gasteiger partial charge in [0.1, 0.15) is 5.82 Å². The number of benzene rings is 2. The van der Waals surface area contributed by atoms with Crippen LogP contribution in [-0.4, -0.2) is 26.9 Å². The smallest absolute Gasteiger partial charge is 0.266 e. The Morgan fingerprint density at radius 3 is 2.47 bits per heavy atom. The molecule has 0 aliphatic rings. The van der Waals surface area contributed by atoms with E-state index >= 15 is 0 Å². The number of nitrogens with zero attached hydrogens (tertiary/aromatic N) is 3. The van der Waals surface area contributed by atoms with Crippen LogP contribution >= 0.6 is 0 Å². The average molecular weight is 406 g/mol. The highest BCUT2D eigenvalue weighted by Gasteiger charge is 2.29. The Bertz CT molecular complexity index is 1100. The van der Waals surface area contributed by atoms with Crippen molar-refractivity contribution >= 4 is 16.8 Å². The molecule has 0 saturated heterocycles. The third-order valence-electron chi connectivity index (χ3n) is 5.36. The molecule has 1 amide bonds. The highest BCUT2D eigenvalue weighted by molar-refractivity contribution is 5.79. The normalized spacial score (nSPS) is 12.3. The van der Waals surface area contributed by atoms with E-state index in [1.165, 1.54) is 0 Å². The van der Waals surface area contributed by atoms with Gasteiger partial charge in [0, 0.05) is 12.5 Å². The zero-order chi connectivity index (χ0) is 21.8. The van der Waals surface area contributed by atoms with E-state index in [9.17, 15) is 9.59 Å². The second-order valence-corrected chi connectivity index (χ2v) is 8.08. The Balaban J connectivity index is 2.33. The lowest BCUT2D eigenvalue weighted by Gasteiger charge is -2.33. The summed E-state index contributed by atoms with van der Waals surface area (Å²) in [7, 11) is 0. The Hall–Kier alpha value is -2.95. The molecule has 0 spiro atoms. The first-order valence-electron chi connectivity index (χ1n) is 10.8. The molecule has 0 bridgehead atoms. The summed E-state index contributed by atoms with van der Waals surface area (Å²) in [6, 6.07) is 15.0. The largest absolute Gasteiger partial charge is 0.332 e. The molecular weight excluding hydrogens is 374 g/mol. The van der Waals surface area contributed by atoms with Gasteiger partial charge in [-0.05, 0) is 49.6 Å². The summed E-state index contributed by atoms with van der Waals surface area (Å²) < 4.78 is 1.69. The van der Waals surface area contributed by atoms with Crippen LogP contribution in [0.15, 0.2) is 53.3 Å². The standard InChI is InChI=1S/C25H31N3O2/c1-6-15-27(24(29)17(3)4)22(7-2)23-26-21-14-9-8-13-20(21)25(30)28(23)19-12-10-11-18(5)16-19/h8-14,16-17,22H,6-7,15H2,1-5H3. The number of rotatable bonds is 7. The number of fused-ring (bicyclic) bond motifs is 1. The summed E-state index contributed by atoms with van der Waals surface area (Å²) in [6.45, 7) is 10.6. The molecule has 0 N–H and O–H groups in total. The second kappa shape index (κ2) is 9.24. The number of carbonyl (C=O) groups excluding carboxylic acids is 1. The van der Waals surface area contributed by atoms with Gasteiger partial charge in [0.05, 0.1) is 22.6 Å². The summed E-state index contributed by atoms with van der Waals surface area (Å²) in [4.78, 5) is 33.5. The molecule has 1 unspecified atom stereocenters. The van der Waals surface area contributed by atoms with Crippen LogP contribution in [0.2, 0.25) is 0 Å². The molecule has 0 radical (unpaired) electrons. The summed E-state index contributed by atoms with van der Waals surface area (Å²) >= 11 is 0. The fraction of sp³-hybridized carbons (Fsp3) is 0.400. The van der Waals surface area contributed by atoms with Crippen LogP contribution in [0, 0.1) is 12.8 Å². The maximum atomic E-state index is 13.6. The lowest BCUT2D eigenvalue weighted by molar-refractivity contribution is -0.137. The Labute approximate surface area is 178 Å². The summed E-state index contributed by atoms with van der Waals surface area (Å²) in [5, 5.41) is 0.579. The van der Waals surface area contributed by atoms with Gasteiger partial charge in [-0.2, -0.15) is 0 Å². The van der Waals surface area contributed by atoms with E-state index in [0.29, 0.717) is 29.7 Å². The molecule has 3 rings (SSSR count). The van der Waals surface area contributed by atoms with Gasteiger partial charge in [0.25, 0.3) is 5.56 Å². The second-order valence-electron chi connectivity index (χ2n) is 8.08. The van der Waals surface area contributed by atoms with Crippen molar-refractivity contribution in [2.24, 2.45) is 5.92 Å². The van der Waals surface area contributed by atoms with Crippen LogP contribution in [-0.2, 0) is 4.79 Å². The van der Waals surface area contributed by atoms with Gasteiger partial charge in [0.2, 0.25) is 5.91 Å². The molecule has 158 valence electrons. The molecule has 1 atom stereocenters. The molecule has 3 aromatic rings. The molecule has 0 fully saturated rings. The first-order valence-corrected chi connectivity index (χ1v) is 10.8. The van der Waals surface area contributed by atoms with Crippen molar-refractivity contribution in [3.8, 4) is 5.69 Å². The lowest BCUT2D eigenvalue weighted by atomic mass is 10.1. The van der Waals surface area contributed by atoms with E-state index in [-0.39, 0.29) is 23.4 Å². The van der Waals surface area contributed by atoms with Crippen molar-refractivity contribution in [2.75, 3.05) is 6.54 Å². The molecule has 5 heteroatoms. The average Bonchev–Trinajstić information content (AvgIpc) is 2.73. The van der Waals surface area contributed by atoms with E-state index in [0.717, 1.165) is 17.7 Å². The zero-order valence-electron chi connectivity index (χ0n) is 18.6. The van der Waals surface area contributed by atoms with Gasteiger partial charge in [-0.3, -0.25) is 14.2 Å². The number of hydrogen-bond donors (Lipinski definition) is 0. The number of carbonyl (C=O) groups is 1. The molecule has 0 aliphatic heterocycles. The highest BCUT2D eigenvalue weighted by atomic mass is 16.2. The molecule has 0 aliphatic carbocycles. The minimum Gasteiger partial charge on any atom is -0.332 e. The predicted octanol–water partition coefficient (Wildman–Crippen LogP) is 5.04.